The van der Waals surface area contributed by atoms with Crippen LogP contribution >= 0.6 is 0 Å². The van der Waals surface area contributed by atoms with Crippen LogP contribution in [0.1, 0.15) is 23.7 Å². The zero-order chi connectivity index (χ0) is 17.4. The summed E-state index contributed by atoms with van der Waals surface area (Å²) in [4.78, 5) is 26.7. The highest BCUT2D eigenvalue weighted by molar-refractivity contribution is 6.08. The number of imide groups is 1. The number of aliphatic hydroxyl groups is 1. The summed E-state index contributed by atoms with van der Waals surface area (Å²) in [6, 6.07) is 15.7. The zero-order valence-corrected chi connectivity index (χ0v) is 13.5. The number of rotatable bonds is 3. The molecule has 0 unspecified atom stereocenters. The van der Waals surface area contributed by atoms with E-state index < -0.39 is 17.7 Å². The third-order valence-electron chi connectivity index (χ3n) is 4.80. The fourth-order valence-electron chi connectivity index (χ4n) is 3.49. The van der Waals surface area contributed by atoms with Crippen LogP contribution in [0.2, 0.25) is 0 Å². The van der Waals surface area contributed by atoms with Crippen LogP contribution in [0.4, 0.5) is 4.79 Å². The van der Waals surface area contributed by atoms with Gasteiger partial charge in [0.2, 0.25) is 0 Å². The number of para-hydroxylation sites is 1. The number of aliphatic hydroxyl groups excluding tert-OH is 1. The third-order valence-corrected chi connectivity index (χ3v) is 4.80. The summed E-state index contributed by atoms with van der Waals surface area (Å²) in [6.45, 7) is 0.261. The van der Waals surface area contributed by atoms with Crippen molar-refractivity contribution in [3.8, 4) is 5.75 Å². The molecule has 2 aromatic rings. The van der Waals surface area contributed by atoms with E-state index in [0.717, 1.165) is 4.90 Å². The molecule has 3 amide bonds. The van der Waals surface area contributed by atoms with Gasteiger partial charge in [-0.1, -0.05) is 48.5 Å². The highest BCUT2D eigenvalue weighted by Gasteiger charge is 2.55. The molecule has 2 heterocycles. The normalized spacial score (nSPS) is 23.2. The first-order valence-corrected chi connectivity index (χ1v) is 8.21. The van der Waals surface area contributed by atoms with E-state index >= 15 is 0 Å². The summed E-state index contributed by atoms with van der Waals surface area (Å²) < 4.78 is 5.61. The summed E-state index contributed by atoms with van der Waals surface area (Å²) in [5, 5.41) is 13.2. The fraction of sp³-hybridized carbons (Fsp3) is 0.263. The molecule has 4 rings (SSSR count). The predicted octanol–water partition coefficient (Wildman–Crippen LogP) is 1.95. The van der Waals surface area contributed by atoms with Crippen molar-refractivity contribution in [2.45, 2.75) is 18.1 Å². The number of amides is 3. The number of β-amino-alcohol motifs (C(OH)–C–C–N with tert-alkyl or cyclic N) is 1. The Morgan fingerprint density at radius 2 is 1.84 bits per heavy atom. The Balaban J connectivity index is 1.63. The van der Waals surface area contributed by atoms with Crippen LogP contribution in [0.15, 0.2) is 54.6 Å². The Morgan fingerprint density at radius 3 is 2.64 bits per heavy atom. The first-order chi connectivity index (χ1) is 12.1. The summed E-state index contributed by atoms with van der Waals surface area (Å²) in [7, 11) is 0. The van der Waals surface area contributed by atoms with Crippen LogP contribution in [0, 0.1) is 0 Å². The minimum Gasteiger partial charge on any atom is -0.493 e. The number of fused-ring (bicyclic) bond motifs is 2. The monoisotopic (exact) mass is 338 g/mol. The van der Waals surface area contributed by atoms with E-state index in [-0.39, 0.29) is 12.5 Å². The standard InChI is InChI=1S/C19H18N2O4/c22-15(13-6-2-1-3-7-13)12-21-17(23)19(20-18(21)24)10-11-25-16-9-5-4-8-14(16)19/h1-9,15,22H,10-12H2,(H,20,24)/t15-,19+/m1/s1. The fourth-order valence-corrected chi connectivity index (χ4v) is 3.49. The predicted molar refractivity (Wildman–Crippen MR) is 89.9 cm³/mol. The Morgan fingerprint density at radius 1 is 1.12 bits per heavy atom. The van der Waals surface area contributed by atoms with Gasteiger partial charge in [-0.05, 0) is 11.6 Å². The molecule has 0 aromatic heterocycles. The summed E-state index contributed by atoms with van der Waals surface area (Å²) in [5.74, 6) is 0.260. The minimum atomic E-state index is -1.11. The van der Waals surface area contributed by atoms with Crippen LogP contribution in [0.5, 0.6) is 5.75 Å². The van der Waals surface area contributed by atoms with Crippen LogP contribution < -0.4 is 10.1 Å². The number of benzene rings is 2. The van der Waals surface area contributed by atoms with Crippen LogP contribution in [0.25, 0.3) is 0 Å². The maximum Gasteiger partial charge on any atom is 0.325 e. The maximum atomic E-state index is 13.1. The molecular formula is C19H18N2O4. The van der Waals surface area contributed by atoms with Gasteiger partial charge in [-0.25, -0.2) is 4.79 Å². The van der Waals surface area contributed by atoms with Crippen molar-refractivity contribution in [1.29, 1.82) is 0 Å². The molecule has 1 spiro atoms. The Labute approximate surface area is 145 Å². The number of nitrogens with zero attached hydrogens (tertiary/aromatic N) is 1. The van der Waals surface area contributed by atoms with Gasteiger partial charge in [-0.2, -0.15) is 0 Å². The van der Waals surface area contributed by atoms with Crippen LogP contribution in [-0.2, 0) is 10.3 Å². The molecule has 128 valence electrons. The summed E-state index contributed by atoms with van der Waals surface area (Å²) in [6.07, 6.45) is -0.562. The molecule has 1 saturated heterocycles. The molecule has 0 aliphatic carbocycles. The smallest absolute Gasteiger partial charge is 0.325 e. The molecular weight excluding hydrogens is 320 g/mol. The quantitative estimate of drug-likeness (QED) is 0.839. The lowest BCUT2D eigenvalue weighted by Crippen LogP contribution is -2.47. The van der Waals surface area contributed by atoms with Crippen molar-refractivity contribution in [1.82, 2.24) is 10.2 Å². The van der Waals surface area contributed by atoms with Crippen LogP contribution in [0.3, 0.4) is 0 Å². The first-order valence-electron chi connectivity index (χ1n) is 8.21. The Hall–Kier alpha value is -2.86. The topological polar surface area (TPSA) is 78.9 Å². The van der Waals surface area contributed by atoms with Gasteiger partial charge in [0.05, 0.1) is 19.3 Å². The van der Waals surface area contributed by atoms with Gasteiger partial charge in [-0.15, -0.1) is 0 Å². The molecule has 2 N–H and O–H groups in total. The molecule has 0 bridgehead atoms. The number of urea groups is 1. The lowest BCUT2D eigenvalue weighted by Gasteiger charge is -2.33. The van der Waals surface area contributed by atoms with Gasteiger partial charge >= 0.3 is 6.03 Å². The van der Waals surface area contributed by atoms with Crippen molar-refractivity contribution in [2.75, 3.05) is 13.2 Å². The summed E-state index contributed by atoms with van der Waals surface area (Å²) in [5.41, 5.74) is 0.218. The molecule has 0 saturated carbocycles. The number of carbonyl (C=O) groups excluding carboxylic acids is 2. The van der Waals surface area contributed by atoms with Crippen molar-refractivity contribution < 1.29 is 19.4 Å². The lowest BCUT2D eigenvalue weighted by molar-refractivity contribution is -0.133. The third kappa shape index (κ3) is 2.46. The van der Waals surface area contributed by atoms with Crippen molar-refractivity contribution in [2.24, 2.45) is 0 Å². The molecule has 6 nitrogen and oxygen atoms in total. The number of ether oxygens (including phenoxy) is 1. The molecule has 2 atom stereocenters. The van der Waals surface area contributed by atoms with Gasteiger partial charge in [0, 0.05) is 12.0 Å². The number of hydrogen-bond acceptors (Lipinski definition) is 4. The van der Waals surface area contributed by atoms with Gasteiger partial charge in [0.1, 0.15) is 5.75 Å². The Kier molecular flexibility index (Phi) is 3.69. The molecule has 2 aliphatic heterocycles. The molecule has 6 heteroatoms. The molecule has 0 radical (unpaired) electrons. The van der Waals surface area contributed by atoms with Crippen molar-refractivity contribution in [3.63, 3.8) is 0 Å². The van der Waals surface area contributed by atoms with Crippen LogP contribution in [-0.4, -0.2) is 35.1 Å². The zero-order valence-electron chi connectivity index (χ0n) is 13.5. The van der Waals surface area contributed by atoms with E-state index in [1.165, 1.54) is 0 Å². The highest BCUT2D eigenvalue weighted by Crippen LogP contribution is 2.41. The average molecular weight is 338 g/mol. The second-order valence-electron chi connectivity index (χ2n) is 6.27. The number of carbonyl (C=O) groups is 2. The van der Waals surface area contributed by atoms with Gasteiger partial charge in [-0.3, -0.25) is 9.69 Å². The summed E-state index contributed by atoms with van der Waals surface area (Å²) >= 11 is 0. The molecule has 25 heavy (non-hydrogen) atoms. The van der Waals surface area contributed by atoms with E-state index in [0.29, 0.717) is 29.9 Å². The van der Waals surface area contributed by atoms with E-state index in [4.69, 9.17) is 4.74 Å². The van der Waals surface area contributed by atoms with Gasteiger partial charge < -0.3 is 15.2 Å². The second-order valence-corrected chi connectivity index (χ2v) is 6.27. The minimum absolute atomic E-state index is 0.0839. The lowest BCUT2D eigenvalue weighted by atomic mass is 9.84. The van der Waals surface area contributed by atoms with E-state index in [1.807, 2.05) is 18.2 Å². The van der Waals surface area contributed by atoms with E-state index in [2.05, 4.69) is 5.32 Å². The average Bonchev–Trinajstić information content (AvgIpc) is 2.88. The number of hydrogen-bond donors (Lipinski definition) is 2. The largest absolute Gasteiger partial charge is 0.493 e. The second kappa shape index (κ2) is 5.89. The molecule has 1 fully saturated rings. The maximum absolute atomic E-state index is 13.1. The Bertz CT molecular complexity index is 823. The van der Waals surface area contributed by atoms with Crippen molar-refractivity contribution >= 4 is 11.9 Å². The van der Waals surface area contributed by atoms with Gasteiger partial charge in [0.15, 0.2) is 5.54 Å². The first kappa shape index (κ1) is 15.7. The van der Waals surface area contributed by atoms with E-state index in [9.17, 15) is 14.7 Å². The van der Waals surface area contributed by atoms with Crippen molar-refractivity contribution in [3.05, 3.63) is 65.7 Å². The van der Waals surface area contributed by atoms with Gasteiger partial charge in [0.25, 0.3) is 5.91 Å². The highest BCUT2D eigenvalue weighted by atomic mass is 16.5. The van der Waals surface area contributed by atoms with E-state index in [1.54, 1.807) is 36.4 Å². The molecule has 2 aromatic carbocycles. The molecule has 2 aliphatic rings. The SMILES string of the molecule is O=C1N[C@]2(CCOc3ccccc32)C(=O)N1C[C@@H](O)c1ccccc1. The number of nitrogens with one attached hydrogen (secondary N) is 1.